The molecule has 3 fully saturated rings. The summed E-state index contributed by atoms with van der Waals surface area (Å²) in [5.41, 5.74) is 1.29. The van der Waals surface area contributed by atoms with Crippen molar-refractivity contribution in [1.29, 1.82) is 0 Å². The molecule has 2 aliphatic heterocycles. The van der Waals surface area contributed by atoms with E-state index in [1.807, 2.05) is 6.07 Å². The van der Waals surface area contributed by atoms with Crippen molar-refractivity contribution in [3.05, 3.63) is 29.8 Å². The third-order valence-electron chi connectivity index (χ3n) is 6.52. The minimum Gasteiger partial charge on any atom is -0.497 e. The van der Waals surface area contributed by atoms with E-state index in [1.54, 1.807) is 7.11 Å². The average molecular weight is 473 g/mol. The molecule has 0 unspecified atom stereocenters. The molecule has 1 aromatic rings. The van der Waals surface area contributed by atoms with Gasteiger partial charge in [0.15, 0.2) is 0 Å². The fourth-order valence-corrected chi connectivity index (χ4v) is 4.57. The van der Waals surface area contributed by atoms with Gasteiger partial charge in [-0.15, -0.1) is 0 Å². The minimum absolute atomic E-state index is 0.110. The van der Waals surface area contributed by atoms with E-state index in [1.165, 1.54) is 12.0 Å². The molecule has 1 aromatic carbocycles. The van der Waals surface area contributed by atoms with Crippen LogP contribution in [0.1, 0.15) is 37.7 Å². The Kier molecular flexibility index (Phi) is 8.58. The Balaban J connectivity index is 0.000000383. The van der Waals surface area contributed by atoms with Gasteiger partial charge in [0.1, 0.15) is 5.75 Å². The number of carboxylic acids is 1. The van der Waals surface area contributed by atoms with Gasteiger partial charge in [0, 0.05) is 25.0 Å². The van der Waals surface area contributed by atoms with E-state index < -0.39 is 12.1 Å². The lowest BCUT2D eigenvalue weighted by Gasteiger charge is -2.35. The van der Waals surface area contributed by atoms with Crippen molar-refractivity contribution in [2.45, 2.75) is 57.0 Å². The van der Waals surface area contributed by atoms with Gasteiger partial charge in [-0.2, -0.15) is 13.2 Å². The molecule has 1 aliphatic carbocycles. The molecule has 2 heterocycles. The first-order chi connectivity index (χ1) is 15.7. The summed E-state index contributed by atoms with van der Waals surface area (Å²) in [5, 5.41) is 10.3. The number of hydrogen-bond donors (Lipinski definition) is 2. The van der Waals surface area contributed by atoms with Crippen LogP contribution in [0.2, 0.25) is 0 Å². The second-order valence-electron chi connectivity index (χ2n) is 8.87. The number of hydrogen-bond acceptors (Lipinski definition) is 5. The number of ether oxygens (including phenoxy) is 2. The summed E-state index contributed by atoms with van der Waals surface area (Å²) in [4.78, 5) is 23.6. The SMILES string of the molecule is COc1cccc(CN2CC[C@@H]3[C@@H](CO[C@@H]3CC(=O)NC3CCC3)C2)c1.O=C(O)C(F)(F)F. The van der Waals surface area contributed by atoms with Gasteiger partial charge in [-0.05, 0) is 55.8 Å². The lowest BCUT2D eigenvalue weighted by atomic mass is 9.83. The van der Waals surface area contributed by atoms with Crippen molar-refractivity contribution in [3.63, 3.8) is 0 Å². The average Bonchev–Trinajstić information content (AvgIpc) is 3.12. The molecule has 1 amide bonds. The molecule has 0 spiro atoms. The maximum Gasteiger partial charge on any atom is 0.490 e. The first kappa shape index (κ1) is 25.3. The quantitative estimate of drug-likeness (QED) is 0.661. The Hall–Kier alpha value is -2.33. The highest BCUT2D eigenvalue weighted by atomic mass is 19.4. The number of likely N-dealkylation sites (tertiary alicyclic amines) is 1. The number of halogens is 3. The summed E-state index contributed by atoms with van der Waals surface area (Å²) < 4.78 is 43.1. The third-order valence-corrected chi connectivity index (χ3v) is 6.52. The molecule has 0 bridgehead atoms. The molecular weight excluding hydrogens is 441 g/mol. The predicted octanol–water partition coefficient (Wildman–Crippen LogP) is 3.22. The smallest absolute Gasteiger partial charge is 0.490 e. The molecule has 3 atom stereocenters. The zero-order valence-corrected chi connectivity index (χ0v) is 18.6. The minimum atomic E-state index is -5.08. The molecule has 1 saturated carbocycles. The molecule has 3 aliphatic rings. The van der Waals surface area contributed by atoms with E-state index in [2.05, 4.69) is 28.4 Å². The molecule has 2 N–H and O–H groups in total. The molecule has 4 rings (SSSR count). The van der Waals surface area contributed by atoms with Gasteiger partial charge in [-0.3, -0.25) is 9.69 Å². The third kappa shape index (κ3) is 7.33. The van der Waals surface area contributed by atoms with Crippen LogP contribution in [0.4, 0.5) is 13.2 Å². The summed E-state index contributed by atoms with van der Waals surface area (Å²) in [6.07, 6.45) is 0.215. The summed E-state index contributed by atoms with van der Waals surface area (Å²) in [7, 11) is 1.71. The number of alkyl halides is 3. The van der Waals surface area contributed by atoms with Crippen LogP contribution in [0.3, 0.4) is 0 Å². The normalized spacial score (nSPS) is 25.3. The number of nitrogens with one attached hydrogen (secondary N) is 1. The number of aliphatic carboxylic acids is 1. The molecule has 0 aromatic heterocycles. The highest BCUT2D eigenvalue weighted by Crippen LogP contribution is 2.36. The zero-order chi connectivity index (χ0) is 24.0. The highest BCUT2D eigenvalue weighted by molar-refractivity contribution is 5.77. The molecule has 184 valence electrons. The van der Waals surface area contributed by atoms with E-state index in [0.29, 0.717) is 24.3 Å². The van der Waals surface area contributed by atoms with Gasteiger partial charge in [-0.25, -0.2) is 4.79 Å². The maximum absolute atomic E-state index is 12.2. The van der Waals surface area contributed by atoms with Crippen molar-refractivity contribution in [2.75, 3.05) is 26.8 Å². The van der Waals surface area contributed by atoms with Crippen LogP contribution in [0, 0.1) is 11.8 Å². The fraction of sp³-hybridized carbons (Fsp3) is 0.652. The number of amides is 1. The largest absolute Gasteiger partial charge is 0.497 e. The van der Waals surface area contributed by atoms with E-state index in [4.69, 9.17) is 19.4 Å². The Morgan fingerprint density at radius 2 is 2.00 bits per heavy atom. The van der Waals surface area contributed by atoms with Crippen LogP contribution in [0.5, 0.6) is 5.75 Å². The fourth-order valence-electron chi connectivity index (χ4n) is 4.57. The topological polar surface area (TPSA) is 88.1 Å². The lowest BCUT2D eigenvalue weighted by Crippen LogP contribution is -2.43. The van der Waals surface area contributed by atoms with Crippen LogP contribution >= 0.6 is 0 Å². The number of benzene rings is 1. The van der Waals surface area contributed by atoms with Crippen LogP contribution < -0.4 is 10.1 Å². The molecular formula is C23H31F3N2O5. The Morgan fingerprint density at radius 3 is 2.61 bits per heavy atom. The van der Waals surface area contributed by atoms with E-state index in [9.17, 15) is 18.0 Å². The number of piperidine rings is 1. The molecule has 33 heavy (non-hydrogen) atoms. The summed E-state index contributed by atoms with van der Waals surface area (Å²) in [6.45, 7) is 3.87. The number of methoxy groups -OCH3 is 1. The zero-order valence-electron chi connectivity index (χ0n) is 18.6. The number of nitrogens with zero attached hydrogens (tertiary/aromatic N) is 1. The lowest BCUT2D eigenvalue weighted by molar-refractivity contribution is -0.192. The first-order valence-electron chi connectivity index (χ1n) is 11.2. The maximum atomic E-state index is 12.2. The first-order valence-corrected chi connectivity index (χ1v) is 11.2. The molecule has 0 radical (unpaired) electrons. The highest BCUT2D eigenvalue weighted by Gasteiger charge is 2.41. The van der Waals surface area contributed by atoms with Gasteiger partial charge < -0.3 is 19.9 Å². The number of carbonyl (C=O) groups excluding carboxylic acids is 1. The van der Waals surface area contributed by atoms with Crippen molar-refractivity contribution < 1.29 is 37.3 Å². The van der Waals surface area contributed by atoms with Crippen molar-refractivity contribution in [1.82, 2.24) is 10.2 Å². The number of rotatable bonds is 6. The van der Waals surface area contributed by atoms with Crippen LogP contribution in [-0.2, 0) is 20.9 Å². The van der Waals surface area contributed by atoms with Gasteiger partial charge in [0.25, 0.3) is 0 Å². The number of fused-ring (bicyclic) bond motifs is 1. The summed E-state index contributed by atoms with van der Waals surface area (Å²) in [6, 6.07) is 8.73. The van der Waals surface area contributed by atoms with Gasteiger partial charge in [0.2, 0.25) is 5.91 Å². The molecule has 2 saturated heterocycles. The van der Waals surface area contributed by atoms with Crippen LogP contribution in [0.25, 0.3) is 0 Å². The standard InChI is InChI=1S/C21H30N2O3.C2HF3O2/c1-25-18-7-2-4-15(10-18)12-23-9-8-19-16(13-23)14-26-20(19)11-21(24)22-17-5-3-6-17;3-2(4,5)1(6)7/h2,4,7,10,16-17,19-20H,3,5-6,8-9,11-14H2,1H3,(H,22,24);(H,6,7)/t16-,19-,20-;/m1./s1. The second kappa shape index (κ2) is 11.2. The van der Waals surface area contributed by atoms with Crippen molar-refractivity contribution in [3.8, 4) is 5.75 Å². The van der Waals surface area contributed by atoms with Crippen LogP contribution in [0.15, 0.2) is 24.3 Å². The van der Waals surface area contributed by atoms with Crippen molar-refractivity contribution >= 4 is 11.9 Å². The summed E-state index contributed by atoms with van der Waals surface area (Å²) >= 11 is 0. The molecule has 10 heteroatoms. The predicted molar refractivity (Wildman–Crippen MR) is 114 cm³/mol. The van der Waals surface area contributed by atoms with Crippen molar-refractivity contribution in [2.24, 2.45) is 11.8 Å². The van der Waals surface area contributed by atoms with E-state index >= 15 is 0 Å². The van der Waals surface area contributed by atoms with Crippen LogP contribution in [-0.4, -0.2) is 67.0 Å². The second-order valence-corrected chi connectivity index (χ2v) is 8.87. The Morgan fingerprint density at radius 1 is 1.27 bits per heavy atom. The summed E-state index contributed by atoms with van der Waals surface area (Å²) in [5.74, 6) is -0.578. The van der Waals surface area contributed by atoms with E-state index in [-0.39, 0.29) is 12.0 Å². The van der Waals surface area contributed by atoms with Gasteiger partial charge >= 0.3 is 12.1 Å². The van der Waals surface area contributed by atoms with Gasteiger partial charge in [0.05, 0.1) is 26.2 Å². The Bertz CT molecular complexity index is 816. The molecule has 7 nitrogen and oxygen atoms in total. The number of carbonyl (C=O) groups is 2. The number of carboxylic acid groups (broad SMARTS) is 1. The Labute approximate surface area is 191 Å². The monoisotopic (exact) mass is 472 g/mol. The van der Waals surface area contributed by atoms with E-state index in [0.717, 1.165) is 51.3 Å². The van der Waals surface area contributed by atoms with Gasteiger partial charge in [-0.1, -0.05) is 12.1 Å².